The van der Waals surface area contributed by atoms with Gasteiger partial charge in [0.2, 0.25) is 5.79 Å². The van der Waals surface area contributed by atoms with Crippen LogP contribution in [0.15, 0.2) is 36.4 Å². The lowest BCUT2D eigenvalue weighted by atomic mass is 10.1. The normalized spacial score (nSPS) is 17.8. The number of alkyl halides is 3. The summed E-state index contributed by atoms with van der Waals surface area (Å²) in [6, 6.07) is 8.05. The van der Waals surface area contributed by atoms with E-state index in [9.17, 15) is 27.9 Å². The van der Waals surface area contributed by atoms with E-state index in [4.69, 9.17) is 15.2 Å². The first kappa shape index (κ1) is 26.2. The molecule has 0 saturated carbocycles. The zero-order valence-corrected chi connectivity index (χ0v) is 20.3. The van der Waals surface area contributed by atoms with Gasteiger partial charge in [-0.05, 0) is 30.3 Å². The molecule has 1 amide bonds. The number of nitrogens with zero attached hydrogens (tertiary/aromatic N) is 2. The Balaban J connectivity index is 1.75. The number of carbonyl (C=O) groups excluding carboxylic acids is 1. The molecule has 1 aliphatic rings. The summed E-state index contributed by atoms with van der Waals surface area (Å²) in [7, 11) is 3.09. The van der Waals surface area contributed by atoms with Crippen LogP contribution in [0.25, 0.3) is 10.2 Å². The molecule has 0 bridgehead atoms. The molecule has 0 radical (unpaired) electrons. The minimum absolute atomic E-state index is 0.00222. The van der Waals surface area contributed by atoms with Gasteiger partial charge in [-0.1, -0.05) is 11.3 Å². The number of benzene rings is 2. The molecule has 198 valence electrons. The number of carboxylic acid groups (broad SMARTS) is 1. The number of ether oxygens (including phenoxy) is 3. The number of thiazole rings is 1. The van der Waals surface area contributed by atoms with E-state index in [0.29, 0.717) is 21.6 Å². The van der Waals surface area contributed by atoms with E-state index >= 15 is 0 Å². The lowest BCUT2D eigenvalue weighted by molar-refractivity contribution is -0.274. The lowest BCUT2D eigenvalue weighted by Crippen LogP contribution is -2.67. The number of anilines is 3. The second-order valence-corrected chi connectivity index (χ2v) is 8.99. The molecule has 37 heavy (non-hydrogen) atoms. The molecular weight excluding hydrogens is 519 g/mol. The van der Waals surface area contributed by atoms with Crippen LogP contribution in [0.4, 0.5) is 29.7 Å². The zero-order valence-electron chi connectivity index (χ0n) is 19.5. The zero-order chi connectivity index (χ0) is 27.0. The van der Waals surface area contributed by atoms with Gasteiger partial charge >= 0.3 is 12.3 Å². The smallest absolute Gasteiger partial charge is 0.478 e. The quantitative estimate of drug-likeness (QED) is 0.282. The Hall–Kier alpha value is -3.82. The molecule has 0 fully saturated rings. The summed E-state index contributed by atoms with van der Waals surface area (Å²) >= 11 is 1.01. The van der Waals surface area contributed by atoms with Gasteiger partial charge in [-0.2, -0.15) is 0 Å². The van der Waals surface area contributed by atoms with Crippen LogP contribution >= 0.6 is 11.3 Å². The number of carboxylic acids is 1. The molecule has 3 aromatic rings. The van der Waals surface area contributed by atoms with Crippen molar-refractivity contribution in [3.63, 3.8) is 0 Å². The molecule has 4 rings (SSSR count). The third-order valence-corrected chi connectivity index (χ3v) is 6.49. The van der Waals surface area contributed by atoms with Crippen molar-refractivity contribution in [3.8, 4) is 5.75 Å². The number of fused-ring (bicyclic) bond motifs is 2. The molecule has 1 aromatic heterocycles. The maximum absolute atomic E-state index is 12.6. The van der Waals surface area contributed by atoms with Crippen LogP contribution in [0.3, 0.4) is 0 Å². The summed E-state index contributed by atoms with van der Waals surface area (Å²) in [5.74, 6) is -4.00. The summed E-state index contributed by atoms with van der Waals surface area (Å²) < 4.78 is 53.1. The van der Waals surface area contributed by atoms with E-state index in [1.54, 1.807) is 18.0 Å². The largest absolute Gasteiger partial charge is 0.573 e. The number of nitrogens with one attached hydrogen (secondary N) is 2. The van der Waals surface area contributed by atoms with Crippen LogP contribution in [0.2, 0.25) is 0 Å². The number of carbonyl (C=O) groups is 2. The standard InChI is InChI=1S/C22H22F3N5O6S/c1-30-15-6-3-11(19(32)33)9-14(15)28-21(30,17(18(26)31)35-8-7-34-2)29-20-27-13-5-4-12(10-16(13)37-20)36-22(23,24)25/h3-6,9-10,17,28H,7-8H2,1-2H3,(H2,26,31)(H,27,29)(H,32,33). The van der Waals surface area contributed by atoms with Crippen molar-refractivity contribution in [2.75, 3.05) is 42.9 Å². The van der Waals surface area contributed by atoms with E-state index in [0.717, 1.165) is 17.4 Å². The Morgan fingerprint density at radius 2 is 2.03 bits per heavy atom. The SMILES string of the molecule is COCCOC(C(N)=O)C1(Nc2nc3ccc(OC(F)(F)F)cc3s2)Nc2cc(C(=O)O)ccc2N1C. The van der Waals surface area contributed by atoms with Crippen molar-refractivity contribution in [2.24, 2.45) is 5.73 Å². The molecule has 2 heterocycles. The third-order valence-electron chi connectivity index (χ3n) is 5.56. The Kier molecular flexibility index (Phi) is 7.03. The Labute approximate surface area is 211 Å². The predicted molar refractivity (Wildman–Crippen MR) is 129 cm³/mol. The van der Waals surface area contributed by atoms with Gasteiger partial charge in [-0.25, -0.2) is 9.78 Å². The summed E-state index contributed by atoms with van der Waals surface area (Å²) in [4.78, 5) is 30.1. The number of amides is 1. The van der Waals surface area contributed by atoms with Gasteiger partial charge < -0.3 is 40.6 Å². The second kappa shape index (κ2) is 9.91. The van der Waals surface area contributed by atoms with E-state index < -0.39 is 35.9 Å². The van der Waals surface area contributed by atoms with Crippen LogP contribution < -0.4 is 26.0 Å². The monoisotopic (exact) mass is 541 g/mol. The highest BCUT2D eigenvalue weighted by molar-refractivity contribution is 7.22. The average Bonchev–Trinajstić information content (AvgIpc) is 3.32. The number of primary amides is 1. The number of methoxy groups -OCH3 is 1. The van der Waals surface area contributed by atoms with Crippen molar-refractivity contribution in [2.45, 2.75) is 18.3 Å². The molecule has 0 spiro atoms. The summed E-state index contributed by atoms with van der Waals surface area (Å²) in [5.41, 5.74) is 7.00. The number of hydrogen-bond donors (Lipinski definition) is 4. The number of hydrogen-bond acceptors (Lipinski definition) is 10. The van der Waals surface area contributed by atoms with Crippen LogP contribution in [-0.2, 0) is 14.3 Å². The minimum Gasteiger partial charge on any atom is -0.478 e. The summed E-state index contributed by atoms with van der Waals surface area (Å²) in [5, 5.41) is 15.8. The molecule has 0 aliphatic carbocycles. The molecule has 5 N–H and O–H groups in total. The number of aromatic nitrogens is 1. The van der Waals surface area contributed by atoms with Crippen LogP contribution in [0.5, 0.6) is 5.75 Å². The molecule has 2 atom stereocenters. The molecule has 0 saturated heterocycles. The van der Waals surface area contributed by atoms with Crippen molar-refractivity contribution < 1.29 is 42.1 Å². The summed E-state index contributed by atoms with van der Waals surface area (Å²) in [6.07, 6.45) is -6.21. The van der Waals surface area contributed by atoms with Crippen LogP contribution in [0, 0.1) is 0 Å². The van der Waals surface area contributed by atoms with Crippen molar-refractivity contribution in [3.05, 3.63) is 42.0 Å². The fourth-order valence-corrected chi connectivity index (χ4v) is 4.89. The third kappa shape index (κ3) is 5.33. The fraction of sp³-hybridized carbons (Fsp3) is 0.318. The Morgan fingerprint density at radius 1 is 1.27 bits per heavy atom. The van der Waals surface area contributed by atoms with Crippen molar-refractivity contribution in [1.82, 2.24) is 4.98 Å². The average molecular weight is 542 g/mol. The van der Waals surface area contributed by atoms with Crippen molar-refractivity contribution in [1.29, 1.82) is 0 Å². The highest BCUT2D eigenvalue weighted by Crippen LogP contribution is 2.43. The van der Waals surface area contributed by atoms with E-state index in [1.165, 1.54) is 31.4 Å². The molecular formula is C22H22F3N5O6S. The highest BCUT2D eigenvalue weighted by Gasteiger charge is 2.52. The van der Waals surface area contributed by atoms with E-state index in [1.807, 2.05) is 0 Å². The predicted octanol–water partition coefficient (Wildman–Crippen LogP) is 3.04. The maximum Gasteiger partial charge on any atom is 0.573 e. The number of halogens is 3. The summed E-state index contributed by atoms with van der Waals surface area (Å²) in [6.45, 7) is 0.153. The molecule has 2 aromatic carbocycles. The van der Waals surface area contributed by atoms with Gasteiger partial charge in [0.25, 0.3) is 5.91 Å². The number of likely N-dealkylation sites (N-methyl/N-ethyl adjacent to an activating group) is 1. The first-order valence-electron chi connectivity index (χ1n) is 10.7. The lowest BCUT2D eigenvalue weighted by Gasteiger charge is -2.42. The van der Waals surface area contributed by atoms with Gasteiger partial charge in [-0.3, -0.25) is 4.79 Å². The van der Waals surface area contributed by atoms with Gasteiger partial charge in [0.15, 0.2) is 11.2 Å². The number of aromatic carboxylic acids is 1. The molecule has 2 unspecified atom stereocenters. The molecule has 15 heteroatoms. The Bertz CT molecular complexity index is 1340. The molecule has 11 nitrogen and oxygen atoms in total. The van der Waals surface area contributed by atoms with Gasteiger partial charge in [0, 0.05) is 20.2 Å². The minimum atomic E-state index is -4.85. The van der Waals surface area contributed by atoms with Gasteiger partial charge in [0.05, 0.1) is 40.4 Å². The van der Waals surface area contributed by atoms with Crippen molar-refractivity contribution >= 4 is 49.9 Å². The molecule has 1 aliphatic heterocycles. The number of rotatable bonds is 10. The maximum atomic E-state index is 12.6. The number of nitrogens with two attached hydrogens (primary N) is 1. The van der Waals surface area contributed by atoms with Crippen LogP contribution in [-0.4, -0.2) is 67.6 Å². The van der Waals surface area contributed by atoms with E-state index in [2.05, 4.69) is 20.4 Å². The van der Waals surface area contributed by atoms with Crippen LogP contribution in [0.1, 0.15) is 10.4 Å². The fourth-order valence-electron chi connectivity index (χ4n) is 3.94. The van der Waals surface area contributed by atoms with Gasteiger partial charge in [0.1, 0.15) is 5.75 Å². The first-order valence-corrected chi connectivity index (χ1v) is 11.5. The topological polar surface area (TPSA) is 148 Å². The van der Waals surface area contributed by atoms with E-state index in [-0.39, 0.29) is 23.9 Å². The Morgan fingerprint density at radius 3 is 2.68 bits per heavy atom. The highest BCUT2D eigenvalue weighted by atomic mass is 32.1. The van der Waals surface area contributed by atoms with Gasteiger partial charge in [-0.15, -0.1) is 13.2 Å². The first-order chi connectivity index (χ1) is 17.4. The second-order valence-electron chi connectivity index (χ2n) is 7.95.